The number of hydrogen-bond donors (Lipinski definition) is 0. The van der Waals surface area contributed by atoms with Crippen molar-refractivity contribution in [2.45, 2.75) is 59.4 Å². The quantitative estimate of drug-likeness (QED) is 0.609. The molecule has 1 aromatic carbocycles. The van der Waals surface area contributed by atoms with Crippen molar-refractivity contribution in [1.82, 2.24) is 4.98 Å². The third-order valence-corrected chi connectivity index (χ3v) is 7.40. The fraction of sp³-hybridized carbons (Fsp3) is 0.583. The van der Waals surface area contributed by atoms with Crippen molar-refractivity contribution in [3.8, 4) is 0 Å². The number of fused-ring (bicyclic) bond motifs is 1. The van der Waals surface area contributed by atoms with Gasteiger partial charge in [0.25, 0.3) is 0 Å². The number of rotatable bonds is 4. The molecule has 1 amide bonds. The van der Waals surface area contributed by atoms with E-state index in [2.05, 4.69) is 10.3 Å². The topological polar surface area (TPSA) is 36.4 Å². The van der Waals surface area contributed by atoms with Crippen LogP contribution in [0.2, 0.25) is 0 Å². The highest BCUT2D eigenvalue weighted by Gasteiger charge is 2.33. The van der Waals surface area contributed by atoms with Crippen LogP contribution in [-0.2, 0) is 11.3 Å². The number of hydrogen-bond acceptors (Lipinski definition) is 4. The minimum atomic E-state index is -0.532. The first-order chi connectivity index (χ1) is 14.3. The van der Waals surface area contributed by atoms with Gasteiger partial charge in [-0.15, -0.1) is 11.3 Å². The SMILES string of the molecule is CC(C)(C)C(=O)N(Cc1csc(N2CCC3CCCCC3C2)n1)c1ccc(F)cc1. The van der Waals surface area contributed by atoms with Crippen LogP contribution >= 0.6 is 11.3 Å². The van der Waals surface area contributed by atoms with Crippen LogP contribution in [0.5, 0.6) is 0 Å². The van der Waals surface area contributed by atoms with Crippen LogP contribution < -0.4 is 9.80 Å². The van der Waals surface area contributed by atoms with Gasteiger partial charge in [0, 0.05) is 29.6 Å². The zero-order valence-corrected chi connectivity index (χ0v) is 19.1. The number of amides is 1. The molecule has 0 bridgehead atoms. The summed E-state index contributed by atoms with van der Waals surface area (Å²) in [6.45, 7) is 8.32. The van der Waals surface area contributed by atoms with E-state index in [9.17, 15) is 9.18 Å². The summed E-state index contributed by atoms with van der Waals surface area (Å²) < 4.78 is 13.4. The normalized spacial score (nSPS) is 21.9. The molecule has 2 unspecified atom stereocenters. The smallest absolute Gasteiger partial charge is 0.232 e. The maximum atomic E-state index is 13.4. The number of aromatic nitrogens is 1. The average molecular weight is 430 g/mol. The first-order valence-electron chi connectivity index (χ1n) is 11.1. The van der Waals surface area contributed by atoms with Gasteiger partial charge in [0.15, 0.2) is 5.13 Å². The molecule has 1 aliphatic heterocycles. The number of carbonyl (C=O) groups excluding carboxylic acids is 1. The molecular formula is C24H32FN3OS. The number of halogens is 1. The van der Waals surface area contributed by atoms with Crippen molar-refractivity contribution in [1.29, 1.82) is 0 Å². The number of nitrogens with zero attached hydrogens (tertiary/aromatic N) is 3. The molecule has 0 N–H and O–H groups in total. The Kier molecular flexibility index (Phi) is 6.14. The van der Waals surface area contributed by atoms with Crippen LogP contribution in [0, 0.1) is 23.1 Å². The molecule has 6 heteroatoms. The Hall–Kier alpha value is -1.95. The summed E-state index contributed by atoms with van der Waals surface area (Å²) in [6.07, 6.45) is 6.76. The van der Waals surface area contributed by atoms with E-state index in [4.69, 9.17) is 4.98 Å². The molecule has 4 nitrogen and oxygen atoms in total. The molecule has 4 rings (SSSR count). The van der Waals surface area contributed by atoms with E-state index >= 15 is 0 Å². The number of benzene rings is 1. The largest absolute Gasteiger partial charge is 0.348 e. The van der Waals surface area contributed by atoms with Gasteiger partial charge in [-0.05, 0) is 48.9 Å². The Labute approximate surface area is 183 Å². The zero-order chi connectivity index (χ0) is 21.3. The fourth-order valence-electron chi connectivity index (χ4n) is 4.76. The summed E-state index contributed by atoms with van der Waals surface area (Å²) in [5.41, 5.74) is 1.06. The molecule has 0 spiro atoms. The molecule has 1 saturated carbocycles. The summed E-state index contributed by atoms with van der Waals surface area (Å²) in [7, 11) is 0. The predicted octanol–water partition coefficient (Wildman–Crippen LogP) is 5.88. The lowest BCUT2D eigenvalue weighted by molar-refractivity contribution is -0.125. The van der Waals surface area contributed by atoms with Crippen molar-refractivity contribution >= 4 is 28.1 Å². The number of carbonyl (C=O) groups is 1. The maximum absolute atomic E-state index is 13.4. The van der Waals surface area contributed by atoms with Gasteiger partial charge in [-0.1, -0.05) is 40.0 Å². The molecular weight excluding hydrogens is 397 g/mol. The number of anilines is 2. The summed E-state index contributed by atoms with van der Waals surface area (Å²) >= 11 is 1.67. The Morgan fingerprint density at radius 3 is 2.57 bits per heavy atom. The zero-order valence-electron chi connectivity index (χ0n) is 18.2. The molecule has 2 fully saturated rings. The molecule has 162 valence electrons. The molecule has 1 aliphatic carbocycles. The highest BCUT2D eigenvalue weighted by Crippen LogP contribution is 2.38. The lowest BCUT2D eigenvalue weighted by Gasteiger charge is -2.41. The van der Waals surface area contributed by atoms with Gasteiger partial charge < -0.3 is 9.80 Å². The van der Waals surface area contributed by atoms with E-state index in [-0.39, 0.29) is 11.7 Å². The first kappa shape index (κ1) is 21.3. The van der Waals surface area contributed by atoms with Crippen molar-refractivity contribution in [2.75, 3.05) is 22.9 Å². The minimum absolute atomic E-state index is 0.00618. The van der Waals surface area contributed by atoms with E-state index < -0.39 is 5.41 Å². The van der Waals surface area contributed by atoms with E-state index in [1.54, 1.807) is 28.4 Å². The van der Waals surface area contributed by atoms with Crippen molar-refractivity contribution in [2.24, 2.45) is 17.3 Å². The van der Waals surface area contributed by atoms with Crippen molar-refractivity contribution in [3.63, 3.8) is 0 Å². The van der Waals surface area contributed by atoms with Crippen LogP contribution in [0.15, 0.2) is 29.6 Å². The standard InChI is InChI=1S/C24H32FN3OS/c1-24(2,3)22(29)28(21-10-8-19(25)9-11-21)15-20-16-30-23(26-20)27-13-12-17-6-4-5-7-18(17)14-27/h8-11,16-18H,4-7,12-15H2,1-3H3. The molecule has 2 atom stereocenters. The molecule has 0 radical (unpaired) electrons. The highest BCUT2D eigenvalue weighted by atomic mass is 32.1. The molecule has 2 heterocycles. The van der Waals surface area contributed by atoms with E-state index in [0.29, 0.717) is 12.2 Å². The van der Waals surface area contributed by atoms with Gasteiger partial charge in [0.2, 0.25) is 5.91 Å². The molecule has 30 heavy (non-hydrogen) atoms. The Balaban J connectivity index is 1.51. The fourth-order valence-corrected chi connectivity index (χ4v) is 5.61. The number of piperidine rings is 1. The highest BCUT2D eigenvalue weighted by molar-refractivity contribution is 7.13. The summed E-state index contributed by atoms with van der Waals surface area (Å²) in [5.74, 6) is 1.40. The third-order valence-electron chi connectivity index (χ3n) is 6.45. The second-order valence-corrected chi connectivity index (χ2v) is 10.6. The summed E-state index contributed by atoms with van der Waals surface area (Å²) in [6, 6.07) is 6.14. The summed E-state index contributed by atoms with van der Waals surface area (Å²) in [5, 5.41) is 3.13. The summed E-state index contributed by atoms with van der Waals surface area (Å²) in [4.78, 5) is 22.2. The minimum Gasteiger partial charge on any atom is -0.348 e. The van der Waals surface area contributed by atoms with Gasteiger partial charge in [-0.25, -0.2) is 9.37 Å². The monoisotopic (exact) mass is 429 g/mol. The van der Waals surface area contributed by atoms with Crippen LogP contribution in [-0.4, -0.2) is 24.0 Å². The molecule has 1 aromatic heterocycles. The molecule has 2 aromatic rings. The van der Waals surface area contributed by atoms with Gasteiger partial charge in [0.1, 0.15) is 5.82 Å². The van der Waals surface area contributed by atoms with Gasteiger partial charge in [-0.2, -0.15) is 0 Å². The second kappa shape index (κ2) is 8.66. The second-order valence-electron chi connectivity index (χ2n) is 9.78. The van der Waals surface area contributed by atoms with Crippen LogP contribution in [0.4, 0.5) is 15.2 Å². The Morgan fingerprint density at radius 1 is 1.17 bits per heavy atom. The van der Waals surface area contributed by atoms with E-state index in [0.717, 1.165) is 35.8 Å². The molecule has 1 saturated heterocycles. The Morgan fingerprint density at radius 2 is 1.87 bits per heavy atom. The third kappa shape index (κ3) is 4.69. The van der Waals surface area contributed by atoms with E-state index in [1.807, 2.05) is 20.8 Å². The maximum Gasteiger partial charge on any atom is 0.232 e. The van der Waals surface area contributed by atoms with Gasteiger partial charge in [-0.3, -0.25) is 4.79 Å². The van der Waals surface area contributed by atoms with Crippen LogP contribution in [0.1, 0.15) is 58.6 Å². The lowest BCUT2D eigenvalue weighted by atomic mass is 9.75. The van der Waals surface area contributed by atoms with Crippen molar-refractivity contribution in [3.05, 3.63) is 41.2 Å². The van der Waals surface area contributed by atoms with Gasteiger partial charge >= 0.3 is 0 Å². The van der Waals surface area contributed by atoms with Crippen molar-refractivity contribution < 1.29 is 9.18 Å². The number of thiazole rings is 1. The lowest BCUT2D eigenvalue weighted by Crippen LogP contribution is -2.42. The molecule has 2 aliphatic rings. The average Bonchev–Trinajstić information content (AvgIpc) is 3.20. The van der Waals surface area contributed by atoms with Crippen LogP contribution in [0.3, 0.4) is 0 Å². The Bertz CT molecular complexity index is 873. The van der Waals surface area contributed by atoms with Gasteiger partial charge in [0.05, 0.1) is 12.2 Å². The van der Waals surface area contributed by atoms with Crippen LogP contribution in [0.25, 0.3) is 0 Å². The predicted molar refractivity (Wildman–Crippen MR) is 121 cm³/mol. The van der Waals surface area contributed by atoms with E-state index in [1.165, 1.54) is 44.2 Å². The first-order valence-corrected chi connectivity index (χ1v) is 12.0.